The van der Waals surface area contributed by atoms with E-state index in [1.54, 1.807) is 36.4 Å². The Morgan fingerprint density at radius 3 is 2.33 bits per heavy atom. The third-order valence-electron chi connectivity index (χ3n) is 6.18. The van der Waals surface area contributed by atoms with E-state index in [-0.39, 0.29) is 6.54 Å². The number of likely N-dealkylation sites (tertiary alicyclic amines) is 1. The Labute approximate surface area is 213 Å². The van der Waals surface area contributed by atoms with Crippen LogP contribution in [0.1, 0.15) is 27.7 Å². The number of rotatable bonds is 5. The van der Waals surface area contributed by atoms with Gasteiger partial charge in [0, 0.05) is 22.1 Å². The molecule has 2 aromatic carbocycles. The molecule has 2 aliphatic heterocycles. The first-order valence-electron chi connectivity index (χ1n) is 10.9. The summed E-state index contributed by atoms with van der Waals surface area (Å²) in [7, 11) is 1.09. The maximum Gasteiger partial charge on any atom is 0.423 e. The first-order valence-corrected chi connectivity index (χ1v) is 11.7. The number of carbonyl (C=O) groups excluding carboxylic acids is 4. The molecule has 36 heavy (non-hydrogen) atoms. The van der Waals surface area contributed by atoms with Crippen LogP contribution in [0.2, 0.25) is 0 Å². The number of benzene rings is 2. The minimum atomic E-state index is -1.22. The molecule has 4 amide bonds. The molecule has 0 saturated carbocycles. The van der Waals surface area contributed by atoms with Gasteiger partial charge in [0.05, 0.1) is 7.11 Å². The van der Waals surface area contributed by atoms with E-state index >= 15 is 0 Å². The molecule has 0 radical (unpaired) electrons. The van der Waals surface area contributed by atoms with E-state index in [1.807, 2.05) is 24.3 Å². The standard InChI is InChI=1S/C25H20BrN3O7/c1-34-25(33)29-23(31)19-20(18-11-10-17(35-18)14-6-8-16(26)9-7-14)28(36-21(19)24(29)32)12-13-2-4-15(5-3-13)22(27)30/h2-11,19-21H,12H2,1H3,(H2,27,30). The second-order valence-electron chi connectivity index (χ2n) is 8.32. The first-order chi connectivity index (χ1) is 17.3. The first kappa shape index (κ1) is 23.9. The Morgan fingerprint density at radius 2 is 1.69 bits per heavy atom. The lowest BCUT2D eigenvalue weighted by Crippen LogP contribution is -2.41. The number of ether oxygens (including phenoxy) is 1. The quantitative estimate of drug-likeness (QED) is 0.475. The number of nitrogens with two attached hydrogens (primary N) is 1. The largest absolute Gasteiger partial charge is 0.459 e. The van der Waals surface area contributed by atoms with Crippen LogP contribution in [0.25, 0.3) is 11.3 Å². The molecule has 3 unspecified atom stereocenters. The number of fused-ring (bicyclic) bond motifs is 1. The summed E-state index contributed by atoms with van der Waals surface area (Å²) in [4.78, 5) is 56.0. The number of primary amides is 1. The highest BCUT2D eigenvalue weighted by Crippen LogP contribution is 2.46. The van der Waals surface area contributed by atoms with E-state index in [4.69, 9.17) is 15.0 Å². The van der Waals surface area contributed by atoms with Gasteiger partial charge in [-0.3, -0.25) is 19.2 Å². The molecule has 2 aliphatic rings. The number of carbonyl (C=O) groups is 4. The normalized spacial score (nSPS) is 21.6. The molecule has 1 aromatic heterocycles. The number of nitrogens with zero attached hydrogens (tertiary/aromatic N) is 2. The minimum absolute atomic E-state index is 0.170. The second-order valence-corrected chi connectivity index (χ2v) is 9.24. The Bertz CT molecular complexity index is 1350. The fourth-order valence-electron chi connectivity index (χ4n) is 4.43. The highest BCUT2D eigenvalue weighted by molar-refractivity contribution is 9.10. The molecule has 11 heteroatoms. The summed E-state index contributed by atoms with van der Waals surface area (Å²) < 4.78 is 11.7. The van der Waals surface area contributed by atoms with Crippen molar-refractivity contribution in [2.75, 3.05) is 7.11 Å². The number of amides is 4. The summed E-state index contributed by atoms with van der Waals surface area (Å²) >= 11 is 3.40. The lowest BCUT2D eigenvalue weighted by atomic mass is 9.94. The highest BCUT2D eigenvalue weighted by atomic mass is 79.9. The molecule has 0 spiro atoms. The lowest BCUT2D eigenvalue weighted by molar-refractivity contribution is -0.184. The second kappa shape index (κ2) is 9.34. The molecule has 3 atom stereocenters. The van der Waals surface area contributed by atoms with Crippen molar-refractivity contribution in [1.82, 2.24) is 9.96 Å². The average Bonchev–Trinajstić information content (AvgIpc) is 3.55. The van der Waals surface area contributed by atoms with Gasteiger partial charge < -0.3 is 14.9 Å². The summed E-state index contributed by atoms with van der Waals surface area (Å²) in [5.41, 5.74) is 7.23. The van der Waals surface area contributed by atoms with Crippen LogP contribution in [0.4, 0.5) is 4.79 Å². The third kappa shape index (κ3) is 4.11. The summed E-state index contributed by atoms with van der Waals surface area (Å²) in [5.74, 6) is -2.15. The van der Waals surface area contributed by atoms with Gasteiger partial charge in [0.25, 0.3) is 5.91 Å². The van der Waals surface area contributed by atoms with Gasteiger partial charge in [0.15, 0.2) is 6.10 Å². The van der Waals surface area contributed by atoms with Crippen LogP contribution >= 0.6 is 15.9 Å². The van der Waals surface area contributed by atoms with E-state index in [2.05, 4.69) is 20.7 Å². The zero-order valence-corrected chi connectivity index (χ0v) is 20.5. The van der Waals surface area contributed by atoms with E-state index in [0.29, 0.717) is 22.0 Å². The van der Waals surface area contributed by atoms with Crippen LogP contribution in [-0.2, 0) is 25.7 Å². The molecule has 10 nitrogen and oxygen atoms in total. The number of methoxy groups -OCH3 is 1. The number of hydrogen-bond donors (Lipinski definition) is 1. The molecule has 0 aliphatic carbocycles. The summed E-state index contributed by atoms with van der Waals surface area (Å²) in [6.45, 7) is 0.170. The van der Waals surface area contributed by atoms with Crippen molar-refractivity contribution in [3.05, 3.63) is 82.0 Å². The predicted molar refractivity (Wildman–Crippen MR) is 128 cm³/mol. The number of hydrogen-bond acceptors (Lipinski definition) is 8. The van der Waals surface area contributed by atoms with Gasteiger partial charge in [-0.15, -0.1) is 0 Å². The van der Waals surface area contributed by atoms with E-state index in [0.717, 1.165) is 22.7 Å². The number of imide groups is 3. The van der Waals surface area contributed by atoms with Crippen molar-refractivity contribution < 1.29 is 33.2 Å². The van der Waals surface area contributed by atoms with Crippen molar-refractivity contribution in [2.45, 2.75) is 18.7 Å². The zero-order valence-electron chi connectivity index (χ0n) is 18.9. The van der Waals surface area contributed by atoms with Gasteiger partial charge >= 0.3 is 6.09 Å². The lowest BCUT2D eigenvalue weighted by Gasteiger charge is -2.25. The molecule has 2 N–H and O–H groups in total. The number of hydroxylamine groups is 2. The van der Waals surface area contributed by atoms with Gasteiger partial charge in [-0.25, -0.2) is 4.79 Å². The van der Waals surface area contributed by atoms with Crippen molar-refractivity contribution in [3.8, 4) is 11.3 Å². The summed E-state index contributed by atoms with van der Waals surface area (Å²) in [6, 6.07) is 16.8. The van der Waals surface area contributed by atoms with Crippen molar-refractivity contribution in [1.29, 1.82) is 0 Å². The Kier molecular flexibility index (Phi) is 6.20. The van der Waals surface area contributed by atoms with Crippen LogP contribution in [0.15, 0.2) is 69.6 Å². The van der Waals surface area contributed by atoms with E-state index in [9.17, 15) is 19.2 Å². The fraction of sp³-hybridized carbons (Fsp3) is 0.200. The molecule has 5 rings (SSSR count). The predicted octanol–water partition coefficient (Wildman–Crippen LogP) is 3.42. The van der Waals surface area contributed by atoms with Gasteiger partial charge in [0.2, 0.25) is 11.8 Å². The van der Waals surface area contributed by atoms with Crippen LogP contribution in [0.3, 0.4) is 0 Å². The van der Waals surface area contributed by atoms with Crippen LogP contribution in [-0.4, -0.2) is 47.0 Å². The Balaban J connectivity index is 1.50. The number of halogens is 1. The fourth-order valence-corrected chi connectivity index (χ4v) is 4.70. The van der Waals surface area contributed by atoms with E-state index in [1.165, 1.54) is 5.06 Å². The highest BCUT2D eigenvalue weighted by Gasteiger charge is 2.62. The van der Waals surface area contributed by atoms with Gasteiger partial charge in [-0.1, -0.05) is 40.2 Å². The molecule has 2 saturated heterocycles. The summed E-state index contributed by atoms with van der Waals surface area (Å²) in [5, 5.41) is 1.49. The Morgan fingerprint density at radius 1 is 1.00 bits per heavy atom. The van der Waals surface area contributed by atoms with Gasteiger partial charge in [0.1, 0.15) is 23.5 Å². The average molecular weight is 554 g/mol. The zero-order chi connectivity index (χ0) is 25.6. The monoisotopic (exact) mass is 553 g/mol. The van der Waals surface area contributed by atoms with Crippen molar-refractivity contribution in [3.63, 3.8) is 0 Å². The third-order valence-corrected chi connectivity index (χ3v) is 6.70. The molecule has 3 heterocycles. The molecular formula is C25H20BrN3O7. The van der Waals surface area contributed by atoms with Crippen LogP contribution < -0.4 is 5.73 Å². The van der Waals surface area contributed by atoms with Crippen molar-refractivity contribution in [2.24, 2.45) is 11.7 Å². The molecule has 0 bridgehead atoms. The van der Waals surface area contributed by atoms with Crippen LogP contribution in [0, 0.1) is 5.92 Å². The molecule has 2 fully saturated rings. The van der Waals surface area contributed by atoms with Crippen LogP contribution in [0.5, 0.6) is 0 Å². The molecular weight excluding hydrogens is 534 g/mol. The maximum absolute atomic E-state index is 13.2. The SMILES string of the molecule is COC(=O)N1C(=O)C2ON(Cc3ccc(C(N)=O)cc3)C(c3ccc(-c4ccc(Br)cc4)o3)C2C1=O. The molecule has 184 valence electrons. The maximum atomic E-state index is 13.2. The minimum Gasteiger partial charge on any atom is -0.459 e. The van der Waals surface area contributed by atoms with E-state index < -0.39 is 41.9 Å². The smallest absolute Gasteiger partial charge is 0.423 e. The van der Waals surface area contributed by atoms with Gasteiger partial charge in [-0.05, 0) is 42.0 Å². The summed E-state index contributed by atoms with van der Waals surface area (Å²) in [6.07, 6.45) is -2.28. The Hall–Kier alpha value is -3.80. The topological polar surface area (TPSA) is 132 Å². The van der Waals surface area contributed by atoms with Gasteiger partial charge in [-0.2, -0.15) is 9.96 Å². The number of furan rings is 1. The van der Waals surface area contributed by atoms with Crippen molar-refractivity contribution >= 4 is 39.7 Å². The molecule has 3 aromatic rings.